The molecule has 0 unspecified atom stereocenters. The molecule has 19 heavy (non-hydrogen) atoms. The fourth-order valence-electron chi connectivity index (χ4n) is 1.95. The van der Waals surface area contributed by atoms with E-state index in [9.17, 15) is 4.79 Å². The molecule has 0 atom stereocenters. The molecule has 0 fully saturated rings. The van der Waals surface area contributed by atoms with Gasteiger partial charge in [-0.15, -0.1) is 10.2 Å². The average Bonchev–Trinajstić information content (AvgIpc) is 3.07. The number of carbonyl (C=O) groups is 1. The topological polar surface area (TPSA) is 99.4 Å². The molecule has 2 aromatic heterocycles. The second-order valence-corrected chi connectivity index (χ2v) is 4.14. The molecule has 3 aromatic rings. The summed E-state index contributed by atoms with van der Waals surface area (Å²) in [6.45, 7) is 0.275. The smallest absolute Gasteiger partial charge is 0.224 e. The summed E-state index contributed by atoms with van der Waals surface area (Å²) in [6, 6.07) is 7.89. The molecule has 0 saturated heterocycles. The zero-order valence-electron chi connectivity index (χ0n) is 10.1. The molecule has 1 aromatic carbocycles. The third-order valence-corrected chi connectivity index (χ3v) is 2.86. The summed E-state index contributed by atoms with van der Waals surface area (Å²) >= 11 is 0. The number of fused-ring (bicyclic) bond motifs is 1. The second-order valence-electron chi connectivity index (χ2n) is 4.14. The van der Waals surface area contributed by atoms with E-state index >= 15 is 0 Å². The predicted molar refractivity (Wildman–Crippen MR) is 68.0 cm³/mol. The number of rotatable bonds is 4. The van der Waals surface area contributed by atoms with Gasteiger partial charge in [0.05, 0.1) is 13.0 Å². The molecule has 7 nitrogen and oxygen atoms in total. The third-order valence-electron chi connectivity index (χ3n) is 2.86. The molecular formula is C12H12N6O. The summed E-state index contributed by atoms with van der Waals surface area (Å²) in [5.41, 5.74) is 2.00. The Morgan fingerprint density at radius 2 is 2.21 bits per heavy atom. The first-order chi connectivity index (χ1) is 9.33. The number of aromatic amines is 2. The summed E-state index contributed by atoms with van der Waals surface area (Å²) in [6.07, 6.45) is 2.18. The molecule has 3 N–H and O–H groups in total. The number of nitrogens with one attached hydrogen (secondary N) is 3. The SMILES string of the molecule is O=C(Cc1c[nH]c2ccccc12)NCc1nn[nH]n1. The molecule has 0 aliphatic carbocycles. The van der Waals surface area contributed by atoms with Crippen LogP contribution in [0.25, 0.3) is 10.9 Å². The first-order valence-corrected chi connectivity index (χ1v) is 5.87. The molecule has 1 amide bonds. The number of carbonyl (C=O) groups excluding carboxylic acids is 1. The van der Waals surface area contributed by atoms with Crippen LogP contribution >= 0.6 is 0 Å². The van der Waals surface area contributed by atoms with Crippen molar-refractivity contribution in [2.45, 2.75) is 13.0 Å². The van der Waals surface area contributed by atoms with E-state index in [-0.39, 0.29) is 12.5 Å². The summed E-state index contributed by atoms with van der Waals surface area (Å²) in [4.78, 5) is 15.0. The van der Waals surface area contributed by atoms with E-state index in [4.69, 9.17) is 0 Å². The Labute approximate surface area is 108 Å². The maximum atomic E-state index is 11.8. The first-order valence-electron chi connectivity index (χ1n) is 5.87. The lowest BCUT2D eigenvalue weighted by Crippen LogP contribution is -2.25. The Morgan fingerprint density at radius 3 is 3.05 bits per heavy atom. The molecule has 0 aliphatic heterocycles. The van der Waals surface area contributed by atoms with Gasteiger partial charge in [0.15, 0.2) is 5.82 Å². The van der Waals surface area contributed by atoms with Crippen LogP contribution in [0, 0.1) is 0 Å². The van der Waals surface area contributed by atoms with Crippen LogP contribution in [-0.4, -0.2) is 31.5 Å². The Balaban J connectivity index is 1.66. The van der Waals surface area contributed by atoms with E-state index in [2.05, 4.69) is 30.9 Å². The third kappa shape index (κ3) is 2.44. The quantitative estimate of drug-likeness (QED) is 0.634. The Bertz CT molecular complexity index is 687. The molecule has 0 saturated carbocycles. The number of tetrazole rings is 1. The molecule has 0 radical (unpaired) electrons. The van der Waals surface area contributed by atoms with Gasteiger partial charge in [0.2, 0.25) is 5.91 Å². The van der Waals surface area contributed by atoms with Gasteiger partial charge in [0, 0.05) is 17.1 Å². The van der Waals surface area contributed by atoms with Crippen molar-refractivity contribution >= 4 is 16.8 Å². The number of aromatic nitrogens is 5. The zero-order chi connectivity index (χ0) is 13.1. The van der Waals surface area contributed by atoms with E-state index in [1.54, 1.807) is 0 Å². The highest BCUT2D eigenvalue weighted by Crippen LogP contribution is 2.17. The highest BCUT2D eigenvalue weighted by Gasteiger charge is 2.09. The highest BCUT2D eigenvalue weighted by molar-refractivity contribution is 5.88. The summed E-state index contributed by atoms with van der Waals surface area (Å²) in [5.74, 6) is 0.391. The number of para-hydroxylation sites is 1. The van der Waals surface area contributed by atoms with Gasteiger partial charge in [-0.25, -0.2) is 0 Å². The molecule has 0 aliphatic rings. The molecule has 3 rings (SSSR count). The fraction of sp³-hybridized carbons (Fsp3) is 0.167. The number of hydrogen-bond acceptors (Lipinski definition) is 4. The van der Waals surface area contributed by atoms with Crippen molar-refractivity contribution < 1.29 is 4.79 Å². The van der Waals surface area contributed by atoms with Crippen molar-refractivity contribution in [3.63, 3.8) is 0 Å². The van der Waals surface area contributed by atoms with Crippen molar-refractivity contribution in [1.82, 2.24) is 30.9 Å². The number of H-pyrrole nitrogens is 2. The molecule has 96 valence electrons. The van der Waals surface area contributed by atoms with Gasteiger partial charge in [-0.1, -0.05) is 23.4 Å². The first kappa shape index (κ1) is 11.4. The van der Waals surface area contributed by atoms with Crippen LogP contribution in [0.4, 0.5) is 0 Å². The summed E-state index contributed by atoms with van der Waals surface area (Å²) in [7, 11) is 0. The van der Waals surface area contributed by atoms with Crippen LogP contribution < -0.4 is 5.32 Å². The predicted octanol–water partition coefficient (Wildman–Crippen LogP) is 0.540. The van der Waals surface area contributed by atoms with Gasteiger partial charge in [-0.05, 0) is 11.6 Å². The van der Waals surface area contributed by atoms with E-state index in [1.807, 2.05) is 30.5 Å². The fourth-order valence-corrected chi connectivity index (χ4v) is 1.95. The lowest BCUT2D eigenvalue weighted by Gasteiger charge is -2.01. The second kappa shape index (κ2) is 4.89. The normalized spacial score (nSPS) is 10.7. The minimum atomic E-state index is -0.0745. The van der Waals surface area contributed by atoms with Gasteiger partial charge in [-0.3, -0.25) is 4.79 Å². The van der Waals surface area contributed by atoms with Crippen LogP contribution in [0.5, 0.6) is 0 Å². The summed E-state index contributed by atoms with van der Waals surface area (Å²) in [5, 5.41) is 17.1. The number of amides is 1. The van der Waals surface area contributed by atoms with Crippen molar-refractivity contribution in [3.8, 4) is 0 Å². The van der Waals surface area contributed by atoms with Gasteiger partial charge in [0.25, 0.3) is 0 Å². The van der Waals surface area contributed by atoms with Crippen LogP contribution in [-0.2, 0) is 17.8 Å². The van der Waals surface area contributed by atoms with E-state index in [0.717, 1.165) is 16.5 Å². The lowest BCUT2D eigenvalue weighted by molar-refractivity contribution is -0.120. The van der Waals surface area contributed by atoms with Crippen LogP contribution in [0.3, 0.4) is 0 Å². The Kier molecular flexibility index (Phi) is 2.93. The van der Waals surface area contributed by atoms with E-state index in [1.165, 1.54) is 0 Å². The van der Waals surface area contributed by atoms with Crippen molar-refractivity contribution in [1.29, 1.82) is 0 Å². The lowest BCUT2D eigenvalue weighted by atomic mass is 10.1. The molecular weight excluding hydrogens is 244 g/mol. The molecule has 0 bridgehead atoms. The van der Waals surface area contributed by atoms with Gasteiger partial charge < -0.3 is 10.3 Å². The monoisotopic (exact) mass is 256 g/mol. The van der Waals surface area contributed by atoms with Gasteiger partial charge >= 0.3 is 0 Å². The Morgan fingerprint density at radius 1 is 1.32 bits per heavy atom. The van der Waals surface area contributed by atoms with Crippen molar-refractivity contribution in [2.24, 2.45) is 0 Å². The largest absolute Gasteiger partial charge is 0.361 e. The van der Waals surface area contributed by atoms with Crippen molar-refractivity contribution in [3.05, 3.63) is 41.9 Å². The minimum Gasteiger partial charge on any atom is -0.361 e. The summed E-state index contributed by atoms with van der Waals surface area (Å²) < 4.78 is 0. The number of nitrogens with zero attached hydrogens (tertiary/aromatic N) is 3. The molecule has 0 spiro atoms. The van der Waals surface area contributed by atoms with E-state index < -0.39 is 0 Å². The average molecular weight is 256 g/mol. The maximum absolute atomic E-state index is 11.8. The molecule has 7 heteroatoms. The highest BCUT2D eigenvalue weighted by atomic mass is 16.1. The minimum absolute atomic E-state index is 0.0745. The van der Waals surface area contributed by atoms with Crippen LogP contribution in [0.15, 0.2) is 30.5 Å². The van der Waals surface area contributed by atoms with Gasteiger partial charge in [0.1, 0.15) is 0 Å². The van der Waals surface area contributed by atoms with E-state index in [0.29, 0.717) is 12.2 Å². The molecule has 2 heterocycles. The van der Waals surface area contributed by atoms with Gasteiger partial charge in [-0.2, -0.15) is 5.21 Å². The van der Waals surface area contributed by atoms with Crippen LogP contribution in [0.1, 0.15) is 11.4 Å². The van der Waals surface area contributed by atoms with Crippen molar-refractivity contribution in [2.75, 3.05) is 0 Å². The Hall–Kier alpha value is -2.70. The standard InChI is InChI=1S/C12H12N6O/c19-12(14-7-11-15-17-18-16-11)5-8-6-13-10-4-2-1-3-9(8)10/h1-4,6,13H,5,7H2,(H,14,19)(H,15,16,17,18). The zero-order valence-corrected chi connectivity index (χ0v) is 10.1. The number of hydrogen-bond donors (Lipinski definition) is 3. The maximum Gasteiger partial charge on any atom is 0.224 e. The number of benzene rings is 1. The van der Waals surface area contributed by atoms with Crippen LogP contribution in [0.2, 0.25) is 0 Å².